The molecular weight excluding hydrogens is 414 g/mol. The molecule has 6 aromatic carbocycles. The van der Waals surface area contributed by atoms with E-state index in [1.165, 1.54) is 48.7 Å². The molecule has 2 heterocycles. The number of hydrogen-bond donors (Lipinski definition) is 0. The van der Waals surface area contributed by atoms with Gasteiger partial charge in [0.05, 0.1) is 16.4 Å². The Morgan fingerprint density at radius 3 is 2.06 bits per heavy atom. The molecular formula is C32H19NO. The zero-order chi connectivity index (χ0) is 22.2. The van der Waals surface area contributed by atoms with Crippen LogP contribution in [0, 0.1) is 0 Å². The summed E-state index contributed by atoms with van der Waals surface area (Å²) in [6, 6.07) is 41.1. The molecule has 0 aliphatic carbocycles. The first-order valence-electron chi connectivity index (χ1n) is 11.6. The topological polar surface area (TPSA) is 18.1 Å². The fourth-order valence-electron chi connectivity index (χ4n) is 5.71. The van der Waals surface area contributed by atoms with Crippen LogP contribution >= 0.6 is 0 Å². The molecule has 0 spiro atoms. The molecule has 0 saturated heterocycles. The fraction of sp³-hybridized carbons (Fsp3) is 0. The highest BCUT2D eigenvalue weighted by Gasteiger charge is 2.22. The first-order valence-corrected chi connectivity index (χ1v) is 11.6. The van der Waals surface area contributed by atoms with Crippen molar-refractivity contribution in [2.45, 2.75) is 0 Å². The minimum absolute atomic E-state index is 0.928. The highest BCUT2D eigenvalue weighted by molar-refractivity contribution is 6.35. The second-order valence-electron chi connectivity index (χ2n) is 8.96. The Morgan fingerprint density at radius 1 is 0.500 bits per heavy atom. The van der Waals surface area contributed by atoms with E-state index in [2.05, 4.69) is 114 Å². The Labute approximate surface area is 195 Å². The number of furan rings is 1. The molecule has 2 nitrogen and oxygen atoms in total. The second-order valence-corrected chi connectivity index (χ2v) is 8.96. The Hall–Kier alpha value is -4.56. The van der Waals surface area contributed by atoms with Crippen LogP contribution in [0.4, 0.5) is 0 Å². The molecule has 2 aromatic heterocycles. The SMILES string of the molecule is c1ccc2cc(-n3c4ccccc4c4c5oc6ccccc6c5c5ccccc5c43)ccc2c1. The van der Waals surface area contributed by atoms with Gasteiger partial charge in [-0.25, -0.2) is 0 Å². The molecule has 0 saturated carbocycles. The lowest BCUT2D eigenvalue weighted by Crippen LogP contribution is -1.94. The summed E-state index contributed by atoms with van der Waals surface area (Å²) in [6.45, 7) is 0. The Balaban J connectivity index is 1.68. The van der Waals surface area contributed by atoms with Crippen LogP contribution in [0.1, 0.15) is 0 Å². The highest BCUT2D eigenvalue weighted by atomic mass is 16.3. The van der Waals surface area contributed by atoms with Gasteiger partial charge >= 0.3 is 0 Å². The van der Waals surface area contributed by atoms with Crippen molar-refractivity contribution in [2.75, 3.05) is 0 Å². The van der Waals surface area contributed by atoms with Gasteiger partial charge in [0.2, 0.25) is 0 Å². The summed E-state index contributed by atoms with van der Waals surface area (Å²) in [5, 5.41) is 9.68. The molecule has 34 heavy (non-hydrogen) atoms. The van der Waals surface area contributed by atoms with Crippen molar-refractivity contribution in [1.29, 1.82) is 0 Å². The van der Waals surface area contributed by atoms with Gasteiger partial charge in [-0.05, 0) is 40.4 Å². The van der Waals surface area contributed by atoms with Gasteiger partial charge < -0.3 is 8.98 Å². The quantitative estimate of drug-likeness (QED) is 0.253. The third-order valence-electron chi connectivity index (χ3n) is 7.14. The van der Waals surface area contributed by atoms with Crippen LogP contribution in [0.15, 0.2) is 120 Å². The lowest BCUT2D eigenvalue weighted by Gasteiger charge is -2.11. The van der Waals surface area contributed by atoms with Gasteiger partial charge in [0.1, 0.15) is 11.2 Å². The highest BCUT2D eigenvalue weighted by Crippen LogP contribution is 2.45. The van der Waals surface area contributed by atoms with Crippen LogP contribution in [0.3, 0.4) is 0 Å². The summed E-state index contributed by atoms with van der Waals surface area (Å²) in [7, 11) is 0. The first-order chi connectivity index (χ1) is 16.9. The van der Waals surface area contributed by atoms with Crippen LogP contribution in [0.5, 0.6) is 0 Å². The van der Waals surface area contributed by atoms with Crippen molar-refractivity contribution in [2.24, 2.45) is 0 Å². The molecule has 2 heteroatoms. The van der Waals surface area contributed by atoms with E-state index in [4.69, 9.17) is 4.42 Å². The Kier molecular flexibility index (Phi) is 3.42. The number of rotatable bonds is 1. The number of hydrogen-bond acceptors (Lipinski definition) is 1. The first kappa shape index (κ1) is 17.9. The standard InChI is InChI=1S/C32H19NO/c1-2-10-21-19-22(18-17-20(21)9-1)33-27-15-7-5-13-25(27)30-31(33)24-12-4-3-11-23(24)29-26-14-6-8-16-28(26)34-32(29)30/h1-19H. The zero-order valence-electron chi connectivity index (χ0n) is 18.3. The molecule has 0 aliphatic heterocycles. The minimum atomic E-state index is 0.928. The van der Waals surface area contributed by atoms with E-state index in [9.17, 15) is 0 Å². The molecule has 0 fully saturated rings. The van der Waals surface area contributed by atoms with E-state index in [1.807, 2.05) is 6.07 Å². The maximum absolute atomic E-state index is 6.59. The van der Waals surface area contributed by atoms with Gasteiger partial charge in [-0.2, -0.15) is 0 Å². The van der Waals surface area contributed by atoms with Crippen LogP contribution in [-0.2, 0) is 0 Å². The smallest absolute Gasteiger partial charge is 0.146 e. The fourth-order valence-corrected chi connectivity index (χ4v) is 5.71. The van der Waals surface area contributed by atoms with Crippen molar-refractivity contribution >= 4 is 65.3 Å². The molecule has 8 aromatic rings. The van der Waals surface area contributed by atoms with E-state index in [-0.39, 0.29) is 0 Å². The number of fused-ring (bicyclic) bond motifs is 11. The summed E-state index contributed by atoms with van der Waals surface area (Å²) in [4.78, 5) is 0. The average molecular weight is 434 g/mol. The van der Waals surface area contributed by atoms with Crippen LogP contribution < -0.4 is 0 Å². The summed E-state index contributed by atoms with van der Waals surface area (Å²) in [6.07, 6.45) is 0. The minimum Gasteiger partial charge on any atom is -0.455 e. The van der Waals surface area contributed by atoms with Crippen molar-refractivity contribution < 1.29 is 4.42 Å². The zero-order valence-corrected chi connectivity index (χ0v) is 18.3. The van der Waals surface area contributed by atoms with Crippen molar-refractivity contribution in [3.63, 3.8) is 0 Å². The van der Waals surface area contributed by atoms with E-state index in [0.717, 1.165) is 22.2 Å². The summed E-state index contributed by atoms with van der Waals surface area (Å²) < 4.78 is 9.00. The molecule has 0 amide bonds. The van der Waals surface area contributed by atoms with Gasteiger partial charge in [-0.1, -0.05) is 91.0 Å². The predicted octanol–water partition coefficient (Wildman–Crippen LogP) is 8.99. The summed E-state index contributed by atoms with van der Waals surface area (Å²) >= 11 is 0. The molecule has 0 radical (unpaired) electrons. The number of aromatic nitrogens is 1. The van der Waals surface area contributed by atoms with Gasteiger partial charge in [0, 0.05) is 27.2 Å². The number of nitrogens with zero attached hydrogens (tertiary/aromatic N) is 1. The van der Waals surface area contributed by atoms with Crippen molar-refractivity contribution in [3.05, 3.63) is 115 Å². The van der Waals surface area contributed by atoms with E-state index in [1.54, 1.807) is 0 Å². The normalized spacial score (nSPS) is 12.1. The Bertz CT molecular complexity index is 2070. The summed E-state index contributed by atoms with van der Waals surface area (Å²) in [5.74, 6) is 0. The molecule has 0 unspecified atom stereocenters. The number of para-hydroxylation sites is 2. The Morgan fingerprint density at radius 2 is 1.18 bits per heavy atom. The number of benzene rings is 6. The van der Waals surface area contributed by atoms with Crippen molar-refractivity contribution in [3.8, 4) is 5.69 Å². The van der Waals surface area contributed by atoms with Gasteiger partial charge in [-0.3, -0.25) is 0 Å². The average Bonchev–Trinajstić information content (AvgIpc) is 3.45. The monoisotopic (exact) mass is 433 g/mol. The predicted molar refractivity (Wildman–Crippen MR) is 143 cm³/mol. The van der Waals surface area contributed by atoms with E-state index in [0.29, 0.717) is 0 Å². The molecule has 8 rings (SSSR count). The maximum atomic E-state index is 6.59. The maximum Gasteiger partial charge on any atom is 0.146 e. The largest absolute Gasteiger partial charge is 0.455 e. The van der Waals surface area contributed by atoms with E-state index >= 15 is 0 Å². The van der Waals surface area contributed by atoms with Gasteiger partial charge in [0.15, 0.2) is 0 Å². The lowest BCUT2D eigenvalue weighted by atomic mass is 9.99. The second kappa shape index (κ2) is 6.49. The molecule has 158 valence electrons. The molecule has 0 N–H and O–H groups in total. The lowest BCUT2D eigenvalue weighted by molar-refractivity contribution is 0.673. The van der Waals surface area contributed by atoms with Gasteiger partial charge in [0.25, 0.3) is 0 Å². The molecule has 0 bridgehead atoms. The third kappa shape index (κ3) is 2.24. The van der Waals surface area contributed by atoms with Crippen LogP contribution in [0.2, 0.25) is 0 Å². The van der Waals surface area contributed by atoms with Gasteiger partial charge in [-0.15, -0.1) is 0 Å². The van der Waals surface area contributed by atoms with Crippen LogP contribution in [0.25, 0.3) is 71.0 Å². The van der Waals surface area contributed by atoms with Crippen LogP contribution in [-0.4, -0.2) is 4.57 Å². The van der Waals surface area contributed by atoms with Crippen molar-refractivity contribution in [1.82, 2.24) is 4.57 Å². The third-order valence-corrected chi connectivity index (χ3v) is 7.14. The summed E-state index contributed by atoms with van der Waals surface area (Å²) in [5.41, 5.74) is 5.43. The molecule has 0 aliphatic rings. The molecule has 0 atom stereocenters. The van der Waals surface area contributed by atoms with E-state index < -0.39 is 0 Å².